The highest BCUT2D eigenvalue weighted by atomic mass is 32.1. The lowest BCUT2D eigenvalue weighted by molar-refractivity contribution is -0.122. The van der Waals surface area contributed by atoms with Gasteiger partial charge in [-0.3, -0.25) is 14.5 Å². The van der Waals surface area contributed by atoms with E-state index >= 15 is 0 Å². The topological polar surface area (TPSA) is 104 Å². The molecule has 0 saturated carbocycles. The number of amides is 2. The summed E-state index contributed by atoms with van der Waals surface area (Å²) in [7, 11) is 0. The van der Waals surface area contributed by atoms with Crippen LogP contribution >= 0.6 is 11.3 Å². The van der Waals surface area contributed by atoms with Crippen LogP contribution in [0.1, 0.15) is 41.7 Å². The van der Waals surface area contributed by atoms with Crippen LogP contribution < -0.4 is 16.0 Å². The normalized spacial score (nSPS) is 19.4. The highest BCUT2D eigenvalue weighted by Crippen LogP contribution is 2.36. The highest BCUT2D eigenvalue weighted by Gasteiger charge is 2.30. The molecule has 0 spiro atoms. The molecule has 2 fully saturated rings. The molecular formula is C26H32N6O2S. The number of likely N-dealkylation sites (tertiary alicyclic amines) is 1. The van der Waals surface area contributed by atoms with E-state index in [2.05, 4.69) is 38.9 Å². The first-order valence-electron chi connectivity index (χ1n) is 12.3. The van der Waals surface area contributed by atoms with Crippen LogP contribution in [0, 0.1) is 19.8 Å². The first-order chi connectivity index (χ1) is 16.9. The van der Waals surface area contributed by atoms with Gasteiger partial charge in [-0.25, -0.2) is 9.97 Å². The predicted octanol–water partition coefficient (Wildman–Crippen LogP) is 3.61. The Kier molecular flexibility index (Phi) is 6.71. The van der Waals surface area contributed by atoms with Gasteiger partial charge in [-0.05, 0) is 63.3 Å². The Morgan fingerprint density at radius 2 is 1.89 bits per heavy atom. The number of carbonyl (C=O) groups excluding carboxylic acids is 2. The Hall–Kier alpha value is -3.04. The van der Waals surface area contributed by atoms with E-state index in [4.69, 9.17) is 5.73 Å². The van der Waals surface area contributed by atoms with Gasteiger partial charge in [0.25, 0.3) is 0 Å². The van der Waals surface area contributed by atoms with E-state index in [1.807, 2.05) is 24.3 Å². The molecule has 3 N–H and O–H groups in total. The fourth-order valence-corrected chi connectivity index (χ4v) is 6.32. The van der Waals surface area contributed by atoms with Gasteiger partial charge in [-0.2, -0.15) is 0 Å². The second-order valence-electron chi connectivity index (χ2n) is 9.60. The molecule has 0 aliphatic carbocycles. The number of nitrogens with two attached hydrogens (primary N) is 1. The lowest BCUT2D eigenvalue weighted by Crippen LogP contribution is -2.40. The fraction of sp³-hybridized carbons (Fsp3) is 0.462. The molecule has 9 heteroatoms. The van der Waals surface area contributed by atoms with Crippen LogP contribution in [0.5, 0.6) is 0 Å². The van der Waals surface area contributed by atoms with Crippen LogP contribution in [0.15, 0.2) is 30.6 Å². The first kappa shape index (κ1) is 23.7. The van der Waals surface area contributed by atoms with Crippen molar-refractivity contribution in [1.29, 1.82) is 0 Å². The minimum atomic E-state index is -0.274. The van der Waals surface area contributed by atoms with Crippen molar-refractivity contribution < 1.29 is 9.59 Å². The monoisotopic (exact) mass is 492 g/mol. The van der Waals surface area contributed by atoms with Gasteiger partial charge in [0.15, 0.2) is 0 Å². The average molecular weight is 493 g/mol. The van der Waals surface area contributed by atoms with Crippen molar-refractivity contribution in [2.45, 2.75) is 52.1 Å². The maximum absolute atomic E-state index is 13.2. The Morgan fingerprint density at radius 1 is 1.11 bits per heavy atom. The number of primary amides is 1. The lowest BCUT2D eigenvalue weighted by Gasteiger charge is -2.32. The SMILES string of the molecule is Cc1sc2ncnc(N3CCC(C(=O)Nc4ccccc4CN4CCCC4C(N)=O)CC3)c2c1C. The molecule has 5 rings (SSSR count). The van der Waals surface area contributed by atoms with Crippen LogP contribution in [0.3, 0.4) is 0 Å². The number of nitrogens with one attached hydrogen (secondary N) is 1. The number of piperidine rings is 1. The van der Waals surface area contributed by atoms with Gasteiger partial charge in [0.1, 0.15) is 17.0 Å². The molecule has 1 aromatic carbocycles. The second kappa shape index (κ2) is 9.91. The summed E-state index contributed by atoms with van der Waals surface area (Å²) >= 11 is 1.71. The summed E-state index contributed by atoms with van der Waals surface area (Å²) < 4.78 is 0. The molecule has 0 radical (unpaired) electrons. The molecular weight excluding hydrogens is 460 g/mol. The van der Waals surface area contributed by atoms with E-state index in [9.17, 15) is 9.59 Å². The molecule has 3 aromatic rings. The van der Waals surface area contributed by atoms with Gasteiger partial charge in [0.2, 0.25) is 11.8 Å². The molecule has 2 amide bonds. The molecule has 4 heterocycles. The molecule has 8 nitrogen and oxygen atoms in total. The minimum absolute atomic E-state index is 0.0490. The number of thiophene rings is 1. The lowest BCUT2D eigenvalue weighted by atomic mass is 9.95. The number of hydrogen-bond donors (Lipinski definition) is 2. The molecule has 2 aliphatic heterocycles. The summed E-state index contributed by atoms with van der Waals surface area (Å²) in [6.45, 7) is 7.27. The third kappa shape index (κ3) is 4.75. The maximum atomic E-state index is 13.2. The van der Waals surface area contributed by atoms with E-state index in [-0.39, 0.29) is 23.8 Å². The highest BCUT2D eigenvalue weighted by molar-refractivity contribution is 7.18. The number of anilines is 2. The van der Waals surface area contributed by atoms with Crippen LogP contribution in [0.4, 0.5) is 11.5 Å². The van der Waals surface area contributed by atoms with E-state index in [0.717, 1.165) is 72.6 Å². The summed E-state index contributed by atoms with van der Waals surface area (Å²) in [5.41, 5.74) is 8.66. The first-order valence-corrected chi connectivity index (χ1v) is 13.1. The van der Waals surface area contributed by atoms with Gasteiger partial charge in [-0.1, -0.05) is 18.2 Å². The van der Waals surface area contributed by atoms with Crippen molar-refractivity contribution in [2.24, 2.45) is 11.7 Å². The van der Waals surface area contributed by atoms with Crippen molar-refractivity contribution in [3.05, 3.63) is 46.6 Å². The van der Waals surface area contributed by atoms with Crippen LogP contribution in [-0.4, -0.2) is 52.4 Å². The van der Waals surface area contributed by atoms with Crippen LogP contribution in [0.25, 0.3) is 10.2 Å². The Labute approximate surface area is 209 Å². The van der Waals surface area contributed by atoms with Crippen molar-refractivity contribution >= 4 is 44.9 Å². The summed E-state index contributed by atoms with van der Waals surface area (Å²) in [5, 5.41) is 4.31. The molecule has 2 aromatic heterocycles. The molecule has 0 bridgehead atoms. The number of aryl methyl sites for hydroxylation is 2. The number of hydrogen-bond acceptors (Lipinski definition) is 7. The molecule has 2 saturated heterocycles. The maximum Gasteiger partial charge on any atom is 0.234 e. The van der Waals surface area contributed by atoms with Crippen molar-refractivity contribution in [1.82, 2.24) is 14.9 Å². The van der Waals surface area contributed by atoms with E-state index in [0.29, 0.717) is 6.54 Å². The van der Waals surface area contributed by atoms with E-state index in [1.54, 1.807) is 17.7 Å². The Morgan fingerprint density at radius 3 is 2.66 bits per heavy atom. The Bertz CT molecular complexity index is 1250. The van der Waals surface area contributed by atoms with Gasteiger partial charge >= 0.3 is 0 Å². The van der Waals surface area contributed by atoms with Gasteiger partial charge in [0.05, 0.1) is 11.4 Å². The minimum Gasteiger partial charge on any atom is -0.368 e. The number of aromatic nitrogens is 2. The predicted molar refractivity (Wildman–Crippen MR) is 140 cm³/mol. The molecule has 1 atom stereocenters. The van der Waals surface area contributed by atoms with Crippen molar-refractivity contribution in [2.75, 3.05) is 29.9 Å². The smallest absolute Gasteiger partial charge is 0.234 e. The number of fused-ring (bicyclic) bond motifs is 1. The van der Waals surface area contributed by atoms with Crippen molar-refractivity contribution in [3.63, 3.8) is 0 Å². The quantitative estimate of drug-likeness (QED) is 0.545. The largest absolute Gasteiger partial charge is 0.368 e. The molecule has 184 valence electrons. The van der Waals surface area contributed by atoms with E-state index in [1.165, 1.54) is 10.4 Å². The molecule has 2 aliphatic rings. The number of nitrogens with zero attached hydrogens (tertiary/aromatic N) is 4. The number of carbonyl (C=O) groups is 2. The molecule has 1 unspecified atom stereocenters. The zero-order valence-electron chi connectivity index (χ0n) is 20.3. The third-order valence-corrected chi connectivity index (χ3v) is 8.57. The standard InChI is InChI=1S/C26H32N6O2S/c1-16-17(2)35-26-22(16)24(28-15-29-26)31-12-9-18(10-13-31)25(34)30-20-7-4-3-6-19(20)14-32-11-5-8-21(32)23(27)33/h3-4,6-7,15,18,21H,5,8-14H2,1-2H3,(H2,27,33)(H,30,34). The summed E-state index contributed by atoms with van der Waals surface area (Å²) in [4.78, 5) is 40.8. The average Bonchev–Trinajstić information content (AvgIpc) is 3.44. The van der Waals surface area contributed by atoms with Crippen molar-refractivity contribution in [3.8, 4) is 0 Å². The third-order valence-electron chi connectivity index (χ3n) is 7.45. The molecule has 35 heavy (non-hydrogen) atoms. The Balaban J connectivity index is 1.24. The van der Waals surface area contributed by atoms with Gasteiger partial charge in [0, 0.05) is 36.1 Å². The fourth-order valence-electron chi connectivity index (χ4n) is 5.33. The zero-order valence-corrected chi connectivity index (χ0v) is 21.1. The summed E-state index contributed by atoms with van der Waals surface area (Å²) in [5.74, 6) is 0.715. The summed E-state index contributed by atoms with van der Waals surface area (Å²) in [6, 6.07) is 7.63. The van der Waals surface area contributed by atoms with Gasteiger partial charge in [-0.15, -0.1) is 11.3 Å². The number of benzene rings is 1. The van der Waals surface area contributed by atoms with Crippen LogP contribution in [-0.2, 0) is 16.1 Å². The summed E-state index contributed by atoms with van der Waals surface area (Å²) in [6.07, 6.45) is 4.95. The zero-order chi connectivity index (χ0) is 24.5. The second-order valence-corrected chi connectivity index (χ2v) is 10.8. The van der Waals surface area contributed by atoms with E-state index < -0.39 is 0 Å². The number of rotatable bonds is 6. The van der Waals surface area contributed by atoms with Crippen LogP contribution in [0.2, 0.25) is 0 Å². The van der Waals surface area contributed by atoms with Gasteiger partial charge < -0.3 is 16.0 Å². The number of para-hydroxylation sites is 1.